The van der Waals surface area contributed by atoms with Crippen LogP contribution in [0.3, 0.4) is 0 Å². The highest BCUT2D eigenvalue weighted by molar-refractivity contribution is 7.89. The SMILES string of the molecule is CCNc1cc(C)c(S(=O)(=O)NCc2nccs2)c(C)c1. The lowest BCUT2D eigenvalue weighted by Crippen LogP contribution is -2.25. The smallest absolute Gasteiger partial charge is 0.241 e. The minimum atomic E-state index is -3.54. The molecule has 5 nitrogen and oxygen atoms in total. The van der Waals surface area contributed by atoms with Crippen LogP contribution in [0.5, 0.6) is 0 Å². The summed E-state index contributed by atoms with van der Waals surface area (Å²) in [6.07, 6.45) is 1.66. The number of rotatable bonds is 6. The Balaban J connectivity index is 2.27. The highest BCUT2D eigenvalue weighted by atomic mass is 32.2. The highest BCUT2D eigenvalue weighted by Gasteiger charge is 2.20. The van der Waals surface area contributed by atoms with Gasteiger partial charge in [0.1, 0.15) is 5.01 Å². The number of sulfonamides is 1. The van der Waals surface area contributed by atoms with Gasteiger partial charge in [-0.05, 0) is 44.0 Å². The zero-order valence-electron chi connectivity index (χ0n) is 12.3. The Morgan fingerprint density at radius 2 is 1.90 bits per heavy atom. The molecule has 7 heteroatoms. The molecule has 0 atom stereocenters. The molecular weight excluding hydrogens is 306 g/mol. The Morgan fingerprint density at radius 3 is 2.43 bits per heavy atom. The Hall–Kier alpha value is -1.44. The molecule has 0 bridgehead atoms. The van der Waals surface area contributed by atoms with Gasteiger partial charge in [0.2, 0.25) is 10.0 Å². The fourth-order valence-corrected chi connectivity index (χ4v) is 4.33. The predicted molar refractivity (Wildman–Crippen MR) is 86.2 cm³/mol. The lowest BCUT2D eigenvalue weighted by Gasteiger charge is -2.14. The molecule has 0 saturated heterocycles. The summed E-state index contributed by atoms with van der Waals surface area (Å²) in [4.78, 5) is 4.43. The quantitative estimate of drug-likeness (QED) is 0.856. The predicted octanol–water partition coefficient (Wildman–Crippen LogP) is 2.67. The summed E-state index contributed by atoms with van der Waals surface area (Å²) in [5.41, 5.74) is 2.40. The molecule has 0 saturated carbocycles. The van der Waals surface area contributed by atoms with Crippen LogP contribution in [-0.4, -0.2) is 19.9 Å². The largest absolute Gasteiger partial charge is 0.385 e. The van der Waals surface area contributed by atoms with Gasteiger partial charge >= 0.3 is 0 Å². The van der Waals surface area contributed by atoms with Gasteiger partial charge < -0.3 is 5.32 Å². The molecule has 0 aliphatic carbocycles. The van der Waals surface area contributed by atoms with E-state index in [-0.39, 0.29) is 6.54 Å². The summed E-state index contributed by atoms with van der Waals surface area (Å²) in [6.45, 7) is 6.64. The summed E-state index contributed by atoms with van der Waals surface area (Å²) in [7, 11) is -3.54. The number of anilines is 1. The topological polar surface area (TPSA) is 71.1 Å². The number of hydrogen-bond donors (Lipinski definition) is 2. The van der Waals surface area contributed by atoms with Crippen LogP contribution in [0.2, 0.25) is 0 Å². The molecular formula is C14H19N3O2S2. The van der Waals surface area contributed by atoms with Gasteiger partial charge in [-0.1, -0.05) is 0 Å². The Kier molecular flexibility index (Phi) is 4.97. The van der Waals surface area contributed by atoms with Gasteiger partial charge in [0, 0.05) is 23.8 Å². The van der Waals surface area contributed by atoms with Gasteiger partial charge in [-0.25, -0.2) is 18.1 Å². The number of aromatic nitrogens is 1. The van der Waals surface area contributed by atoms with Crippen LogP contribution in [0.25, 0.3) is 0 Å². The normalized spacial score (nSPS) is 11.6. The minimum absolute atomic E-state index is 0.216. The third-order valence-corrected chi connectivity index (χ3v) is 5.49. The molecule has 2 rings (SSSR count). The van der Waals surface area contributed by atoms with Crippen molar-refractivity contribution in [3.05, 3.63) is 39.8 Å². The van der Waals surface area contributed by atoms with Gasteiger partial charge in [0.25, 0.3) is 0 Å². The van der Waals surface area contributed by atoms with E-state index in [9.17, 15) is 8.42 Å². The fourth-order valence-electron chi connectivity index (χ4n) is 2.25. The number of nitrogens with zero attached hydrogens (tertiary/aromatic N) is 1. The summed E-state index contributed by atoms with van der Waals surface area (Å²) >= 11 is 1.43. The molecule has 0 aliphatic rings. The van der Waals surface area contributed by atoms with E-state index in [0.717, 1.165) is 28.4 Å². The maximum atomic E-state index is 12.5. The van der Waals surface area contributed by atoms with Crippen LogP contribution < -0.4 is 10.0 Å². The van der Waals surface area contributed by atoms with Gasteiger partial charge in [0.05, 0.1) is 11.4 Å². The molecule has 0 radical (unpaired) electrons. The third-order valence-electron chi connectivity index (χ3n) is 3.01. The maximum absolute atomic E-state index is 12.5. The van der Waals surface area contributed by atoms with E-state index < -0.39 is 10.0 Å². The number of aryl methyl sites for hydroxylation is 2. The summed E-state index contributed by atoms with van der Waals surface area (Å²) in [6, 6.07) is 3.71. The van der Waals surface area contributed by atoms with E-state index in [0.29, 0.717) is 4.90 Å². The van der Waals surface area contributed by atoms with Crippen molar-refractivity contribution in [3.8, 4) is 0 Å². The summed E-state index contributed by atoms with van der Waals surface area (Å²) in [5.74, 6) is 0. The number of benzene rings is 1. The van der Waals surface area contributed by atoms with Crippen molar-refractivity contribution < 1.29 is 8.42 Å². The van der Waals surface area contributed by atoms with Crippen LogP contribution in [0.15, 0.2) is 28.6 Å². The molecule has 0 aliphatic heterocycles. The van der Waals surface area contributed by atoms with Crippen molar-refractivity contribution in [1.82, 2.24) is 9.71 Å². The Morgan fingerprint density at radius 1 is 1.24 bits per heavy atom. The number of thiazole rings is 1. The van der Waals surface area contributed by atoms with Gasteiger partial charge in [-0.2, -0.15) is 0 Å². The van der Waals surface area contributed by atoms with Crippen LogP contribution in [0.4, 0.5) is 5.69 Å². The summed E-state index contributed by atoms with van der Waals surface area (Å²) in [5, 5.41) is 5.77. The van der Waals surface area contributed by atoms with E-state index in [4.69, 9.17) is 0 Å². The number of nitrogens with one attached hydrogen (secondary N) is 2. The second-order valence-corrected chi connectivity index (χ2v) is 7.40. The number of hydrogen-bond acceptors (Lipinski definition) is 5. The lowest BCUT2D eigenvalue weighted by atomic mass is 10.1. The first-order valence-electron chi connectivity index (χ1n) is 6.67. The van der Waals surface area contributed by atoms with Crippen molar-refractivity contribution in [3.63, 3.8) is 0 Å². The standard InChI is InChI=1S/C14H19N3O2S2/c1-4-15-12-7-10(2)14(11(3)8-12)21(18,19)17-9-13-16-5-6-20-13/h5-8,15,17H,4,9H2,1-3H3. The van der Waals surface area contributed by atoms with Gasteiger partial charge in [0.15, 0.2) is 0 Å². The van der Waals surface area contributed by atoms with Crippen LogP contribution >= 0.6 is 11.3 Å². The van der Waals surface area contributed by atoms with E-state index in [1.165, 1.54) is 11.3 Å². The molecule has 1 aromatic carbocycles. The van der Waals surface area contributed by atoms with Crippen molar-refractivity contribution in [2.45, 2.75) is 32.2 Å². The van der Waals surface area contributed by atoms with Crippen molar-refractivity contribution in [1.29, 1.82) is 0 Å². The van der Waals surface area contributed by atoms with E-state index in [2.05, 4.69) is 15.0 Å². The second kappa shape index (κ2) is 6.55. The monoisotopic (exact) mass is 325 g/mol. The molecule has 0 unspecified atom stereocenters. The second-order valence-electron chi connectivity index (χ2n) is 4.72. The molecule has 2 aromatic rings. The average molecular weight is 325 g/mol. The zero-order chi connectivity index (χ0) is 15.5. The molecule has 0 fully saturated rings. The van der Waals surface area contributed by atoms with Crippen molar-refractivity contribution in [2.75, 3.05) is 11.9 Å². The first kappa shape index (κ1) is 15.9. The van der Waals surface area contributed by atoms with Crippen molar-refractivity contribution >= 4 is 27.0 Å². The van der Waals surface area contributed by atoms with Gasteiger partial charge in [-0.3, -0.25) is 0 Å². The van der Waals surface area contributed by atoms with Crippen LogP contribution in [0.1, 0.15) is 23.1 Å². The van der Waals surface area contributed by atoms with E-state index >= 15 is 0 Å². The van der Waals surface area contributed by atoms with E-state index in [1.54, 1.807) is 6.20 Å². The fraction of sp³-hybridized carbons (Fsp3) is 0.357. The molecule has 0 amide bonds. The molecule has 1 heterocycles. The molecule has 114 valence electrons. The van der Waals surface area contributed by atoms with Crippen LogP contribution in [0, 0.1) is 13.8 Å². The highest BCUT2D eigenvalue weighted by Crippen LogP contribution is 2.24. The third kappa shape index (κ3) is 3.81. The Labute approximate surface area is 129 Å². The van der Waals surface area contributed by atoms with Crippen LogP contribution in [-0.2, 0) is 16.6 Å². The van der Waals surface area contributed by atoms with Gasteiger partial charge in [-0.15, -0.1) is 11.3 Å². The molecule has 1 aromatic heterocycles. The summed E-state index contributed by atoms with van der Waals surface area (Å²) < 4.78 is 27.6. The first-order valence-corrected chi connectivity index (χ1v) is 9.03. The molecule has 2 N–H and O–H groups in total. The minimum Gasteiger partial charge on any atom is -0.385 e. The first-order chi connectivity index (χ1) is 9.94. The molecule has 0 spiro atoms. The average Bonchev–Trinajstić information content (AvgIpc) is 2.88. The zero-order valence-corrected chi connectivity index (χ0v) is 13.9. The maximum Gasteiger partial charge on any atom is 0.241 e. The van der Waals surface area contributed by atoms with Crippen molar-refractivity contribution in [2.24, 2.45) is 0 Å². The Bertz CT molecular complexity index is 687. The lowest BCUT2D eigenvalue weighted by molar-refractivity contribution is 0.580. The molecule has 21 heavy (non-hydrogen) atoms. The van der Waals surface area contributed by atoms with E-state index in [1.807, 2.05) is 38.3 Å².